The number of nitrogens with zero attached hydrogens (tertiary/aromatic N) is 5. The summed E-state index contributed by atoms with van der Waals surface area (Å²) in [5.41, 5.74) is 1.35. The Morgan fingerprint density at radius 1 is 1.06 bits per heavy atom. The number of hydrogen-bond donors (Lipinski definition) is 2. The molecule has 176 valence electrons. The number of hydrazine groups is 1. The van der Waals surface area contributed by atoms with Gasteiger partial charge >= 0.3 is 0 Å². The van der Waals surface area contributed by atoms with Gasteiger partial charge in [0.2, 0.25) is 5.95 Å². The van der Waals surface area contributed by atoms with Crippen molar-refractivity contribution < 1.29 is 14.2 Å². The topological polar surface area (TPSA) is 113 Å². The van der Waals surface area contributed by atoms with Crippen LogP contribution in [0.2, 0.25) is 10.0 Å². The highest BCUT2D eigenvalue weighted by atomic mass is 35.5. The van der Waals surface area contributed by atoms with Crippen molar-refractivity contribution in [3.05, 3.63) is 46.5 Å². The molecule has 0 atom stereocenters. The molecule has 1 saturated heterocycles. The van der Waals surface area contributed by atoms with E-state index in [0.29, 0.717) is 44.8 Å². The van der Waals surface area contributed by atoms with E-state index in [2.05, 4.69) is 20.4 Å². The zero-order valence-corrected chi connectivity index (χ0v) is 19.8. The van der Waals surface area contributed by atoms with Gasteiger partial charge in [-0.15, -0.1) is 0 Å². The third-order valence-corrected chi connectivity index (χ3v) is 6.24. The van der Waals surface area contributed by atoms with Crippen molar-refractivity contribution in [2.75, 3.05) is 32.6 Å². The second-order valence-corrected chi connectivity index (χ2v) is 8.28. The molecule has 1 fully saturated rings. The van der Waals surface area contributed by atoms with Gasteiger partial charge in [0, 0.05) is 30.9 Å². The number of nitrogens with one attached hydrogen (secondary N) is 1. The average molecular weight is 494 g/mol. The molecule has 0 aliphatic carbocycles. The van der Waals surface area contributed by atoms with Crippen LogP contribution in [0.1, 0.15) is 24.4 Å². The summed E-state index contributed by atoms with van der Waals surface area (Å²) < 4.78 is 18.3. The van der Waals surface area contributed by atoms with Crippen LogP contribution in [-0.4, -0.2) is 52.1 Å². The molecular weight excluding hydrogens is 469 g/mol. The number of halogens is 2. The predicted octanol–water partition coefficient (Wildman–Crippen LogP) is 3.83. The zero-order chi connectivity index (χ0) is 23.4. The van der Waals surface area contributed by atoms with Gasteiger partial charge in [-0.05, 0) is 12.8 Å². The lowest BCUT2D eigenvalue weighted by Crippen LogP contribution is -2.39. The van der Waals surface area contributed by atoms with Gasteiger partial charge < -0.3 is 19.5 Å². The summed E-state index contributed by atoms with van der Waals surface area (Å²) in [5.74, 6) is 7.61. The minimum atomic E-state index is 0.0930. The highest BCUT2D eigenvalue weighted by Crippen LogP contribution is 2.40. The van der Waals surface area contributed by atoms with Crippen LogP contribution in [0.4, 0.5) is 11.6 Å². The van der Waals surface area contributed by atoms with Crippen LogP contribution in [0, 0.1) is 0 Å². The molecule has 0 bridgehead atoms. The van der Waals surface area contributed by atoms with Crippen LogP contribution in [0.5, 0.6) is 17.2 Å². The van der Waals surface area contributed by atoms with Crippen LogP contribution >= 0.6 is 23.2 Å². The van der Waals surface area contributed by atoms with E-state index in [9.17, 15) is 0 Å². The molecule has 2 aromatic heterocycles. The van der Waals surface area contributed by atoms with Gasteiger partial charge in [0.1, 0.15) is 18.1 Å². The number of rotatable bonds is 8. The maximum atomic E-state index is 6.39. The lowest BCUT2D eigenvalue weighted by Gasteiger charge is -2.28. The molecule has 4 rings (SSSR count). The number of benzene rings is 1. The molecule has 0 radical (unpaired) electrons. The van der Waals surface area contributed by atoms with Gasteiger partial charge in [-0.2, -0.15) is 5.10 Å². The van der Waals surface area contributed by atoms with Crippen molar-refractivity contribution in [1.82, 2.24) is 24.8 Å². The summed E-state index contributed by atoms with van der Waals surface area (Å²) in [5, 5.41) is 10.2. The minimum absolute atomic E-state index is 0.0930. The summed E-state index contributed by atoms with van der Waals surface area (Å²) in [6.07, 6.45) is 8.76. The molecule has 3 aromatic rings. The molecule has 10 nitrogen and oxygen atoms in total. The molecule has 3 N–H and O–H groups in total. The fourth-order valence-electron chi connectivity index (χ4n) is 3.56. The van der Waals surface area contributed by atoms with Crippen molar-refractivity contribution in [1.29, 1.82) is 0 Å². The molecule has 1 aliphatic rings. The van der Waals surface area contributed by atoms with Gasteiger partial charge in [0.15, 0.2) is 5.75 Å². The molecule has 12 heteroatoms. The second-order valence-electron chi connectivity index (χ2n) is 7.52. The third kappa shape index (κ3) is 5.41. The van der Waals surface area contributed by atoms with Gasteiger partial charge in [0.25, 0.3) is 0 Å². The Balaban J connectivity index is 1.38. The number of ether oxygens (including phenoxy) is 3. The van der Waals surface area contributed by atoms with Crippen molar-refractivity contribution in [3.8, 4) is 17.2 Å². The SMILES string of the molecule is COc1cc(OC)c(Cl)c(COc2cnc(Nc3cnn(C4CCN(N)CC4)c3)nc2)c1Cl. The quantitative estimate of drug-likeness (QED) is 0.451. The maximum Gasteiger partial charge on any atom is 0.227 e. The van der Waals surface area contributed by atoms with Crippen molar-refractivity contribution in [2.45, 2.75) is 25.5 Å². The van der Waals surface area contributed by atoms with E-state index >= 15 is 0 Å². The summed E-state index contributed by atoms with van der Waals surface area (Å²) in [6, 6.07) is 1.96. The highest BCUT2D eigenvalue weighted by Gasteiger charge is 2.20. The van der Waals surface area contributed by atoms with Crippen molar-refractivity contribution in [3.63, 3.8) is 0 Å². The molecule has 0 amide bonds. The molecule has 0 saturated carbocycles. The molecule has 33 heavy (non-hydrogen) atoms. The van der Waals surface area contributed by atoms with Gasteiger partial charge in [-0.25, -0.2) is 15.0 Å². The lowest BCUT2D eigenvalue weighted by atomic mass is 10.1. The Labute approximate surface area is 201 Å². The van der Waals surface area contributed by atoms with Crippen LogP contribution in [-0.2, 0) is 6.61 Å². The molecule has 1 aliphatic heterocycles. The standard InChI is InChI=1S/C21H25Cl2N7O3/c1-31-17-7-18(32-2)20(23)16(19(17)22)12-33-15-9-25-21(26-10-15)28-13-8-27-30(11-13)14-3-5-29(24)6-4-14/h7-11,14H,3-6,12,24H2,1-2H3,(H,25,26,28). The van der Waals surface area contributed by atoms with Crippen molar-refractivity contribution in [2.24, 2.45) is 5.84 Å². The summed E-state index contributed by atoms with van der Waals surface area (Å²) in [4.78, 5) is 8.61. The van der Waals surface area contributed by atoms with Gasteiger partial charge in [0.05, 0.1) is 54.6 Å². The predicted molar refractivity (Wildman–Crippen MR) is 125 cm³/mol. The Morgan fingerprint density at radius 3 is 2.30 bits per heavy atom. The first kappa shape index (κ1) is 23.4. The number of anilines is 2. The lowest BCUT2D eigenvalue weighted by molar-refractivity contribution is 0.183. The van der Waals surface area contributed by atoms with Gasteiger partial charge in [-0.1, -0.05) is 23.2 Å². The first-order valence-corrected chi connectivity index (χ1v) is 11.1. The molecule has 0 spiro atoms. The van der Waals surface area contributed by atoms with E-state index in [4.69, 9.17) is 43.3 Å². The van der Waals surface area contributed by atoms with E-state index in [1.165, 1.54) is 14.2 Å². The summed E-state index contributed by atoms with van der Waals surface area (Å²) >= 11 is 12.8. The van der Waals surface area contributed by atoms with E-state index in [-0.39, 0.29) is 6.61 Å². The molecular formula is C21H25Cl2N7O3. The van der Waals surface area contributed by atoms with Gasteiger partial charge in [-0.3, -0.25) is 10.5 Å². The van der Waals surface area contributed by atoms with E-state index in [1.807, 2.05) is 15.9 Å². The Bertz CT molecular complexity index is 1060. The summed E-state index contributed by atoms with van der Waals surface area (Å²) in [7, 11) is 3.04. The second kappa shape index (κ2) is 10.4. The van der Waals surface area contributed by atoms with Crippen LogP contribution < -0.4 is 25.4 Å². The fourth-order valence-corrected chi connectivity index (χ4v) is 4.17. The smallest absolute Gasteiger partial charge is 0.227 e. The maximum absolute atomic E-state index is 6.39. The number of methoxy groups -OCH3 is 2. The van der Waals surface area contributed by atoms with Crippen LogP contribution in [0.3, 0.4) is 0 Å². The average Bonchev–Trinajstić information content (AvgIpc) is 3.29. The Morgan fingerprint density at radius 2 is 1.70 bits per heavy atom. The minimum Gasteiger partial charge on any atom is -0.495 e. The summed E-state index contributed by atoms with van der Waals surface area (Å²) in [6.45, 7) is 1.81. The number of nitrogens with two attached hydrogens (primary N) is 1. The number of piperidine rings is 1. The number of aromatic nitrogens is 4. The first-order chi connectivity index (χ1) is 16.0. The van der Waals surface area contributed by atoms with E-state index < -0.39 is 0 Å². The molecule has 0 unspecified atom stereocenters. The molecule has 3 heterocycles. The van der Waals surface area contributed by atoms with Crippen molar-refractivity contribution >= 4 is 34.8 Å². The van der Waals surface area contributed by atoms with E-state index in [1.54, 1.807) is 24.7 Å². The van der Waals surface area contributed by atoms with Crippen LogP contribution in [0.15, 0.2) is 30.9 Å². The Kier molecular flexibility index (Phi) is 7.39. The fraction of sp³-hybridized carbons (Fsp3) is 0.381. The molecule has 1 aromatic carbocycles. The highest BCUT2D eigenvalue weighted by molar-refractivity contribution is 6.37. The zero-order valence-electron chi connectivity index (χ0n) is 18.3. The Hall–Kier alpha value is -2.79. The largest absolute Gasteiger partial charge is 0.495 e. The van der Waals surface area contributed by atoms with Crippen LogP contribution in [0.25, 0.3) is 0 Å². The monoisotopic (exact) mass is 493 g/mol. The normalized spacial score (nSPS) is 14.8. The first-order valence-electron chi connectivity index (χ1n) is 10.3. The number of hydrogen-bond acceptors (Lipinski definition) is 9. The third-order valence-electron chi connectivity index (χ3n) is 5.41. The van der Waals surface area contributed by atoms with E-state index in [0.717, 1.165) is 31.6 Å².